The van der Waals surface area contributed by atoms with E-state index < -0.39 is 12.5 Å². The molecule has 1 aromatic carbocycles. The molecule has 0 saturated carbocycles. The fraction of sp³-hybridized carbons (Fsp3) is 0.400. The summed E-state index contributed by atoms with van der Waals surface area (Å²) in [4.78, 5) is 0. The third-order valence-electron chi connectivity index (χ3n) is 2.06. The van der Waals surface area contributed by atoms with Gasteiger partial charge >= 0.3 is 0 Å². The van der Waals surface area contributed by atoms with Crippen molar-refractivity contribution < 1.29 is 18.3 Å². The molecule has 84 valence electrons. The second kappa shape index (κ2) is 4.93. The zero-order valence-electron chi connectivity index (χ0n) is 8.54. The minimum atomic E-state index is -2.63. The average Bonchev–Trinajstić information content (AvgIpc) is 2.26. The third-order valence-corrected chi connectivity index (χ3v) is 2.06. The van der Waals surface area contributed by atoms with E-state index >= 15 is 0 Å². The molecular weight excluding hydrogens is 204 g/mol. The smallest absolute Gasteiger partial charge is 0.257 e. The van der Waals surface area contributed by atoms with Gasteiger partial charge in [-0.05, 0) is 6.07 Å². The summed E-state index contributed by atoms with van der Waals surface area (Å²) in [5, 5.41) is 0. The maximum Gasteiger partial charge on any atom is 0.257 e. The zero-order chi connectivity index (χ0) is 11.4. The molecule has 0 spiro atoms. The number of rotatable bonds is 4. The molecule has 0 aliphatic heterocycles. The standard InChI is InChI=1S/C10H13F2NO2/c1-14-7-5-3-4-6(9(7)15-2)8(13)10(11)12/h3-5,8,10H,13H2,1-2H3/t8-/m0/s1. The van der Waals surface area contributed by atoms with Gasteiger partial charge in [0.05, 0.1) is 20.3 Å². The van der Waals surface area contributed by atoms with E-state index in [-0.39, 0.29) is 11.3 Å². The Morgan fingerprint density at radius 3 is 2.33 bits per heavy atom. The van der Waals surface area contributed by atoms with E-state index in [2.05, 4.69) is 0 Å². The van der Waals surface area contributed by atoms with E-state index in [9.17, 15) is 8.78 Å². The molecule has 0 heterocycles. The van der Waals surface area contributed by atoms with Crippen molar-refractivity contribution in [2.45, 2.75) is 12.5 Å². The molecule has 0 radical (unpaired) electrons. The molecule has 1 rings (SSSR count). The van der Waals surface area contributed by atoms with E-state index in [4.69, 9.17) is 15.2 Å². The van der Waals surface area contributed by atoms with E-state index in [1.165, 1.54) is 20.3 Å². The molecule has 3 nitrogen and oxygen atoms in total. The Morgan fingerprint density at radius 1 is 1.20 bits per heavy atom. The molecule has 1 aromatic rings. The van der Waals surface area contributed by atoms with Crippen molar-refractivity contribution in [1.82, 2.24) is 0 Å². The first-order chi connectivity index (χ1) is 7.11. The Kier molecular flexibility index (Phi) is 3.85. The van der Waals surface area contributed by atoms with Crippen LogP contribution in [0.3, 0.4) is 0 Å². The van der Waals surface area contributed by atoms with Gasteiger partial charge in [0.25, 0.3) is 6.43 Å². The SMILES string of the molecule is COc1cccc([C@H](N)C(F)F)c1OC. The van der Waals surface area contributed by atoms with Crippen molar-refractivity contribution in [3.8, 4) is 11.5 Å². The monoisotopic (exact) mass is 217 g/mol. The zero-order valence-corrected chi connectivity index (χ0v) is 8.54. The molecule has 5 heteroatoms. The van der Waals surface area contributed by atoms with Gasteiger partial charge in [-0.3, -0.25) is 0 Å². The highest BCUT2D eigenvalue weighted by molar-refractivity contribution is 5.48. The number of nitrogens with two attached hydrogens (primary N) is 1. The van der Waals surface area contributed by atoms with Crippen LogP contribution in [0.4, 0.5) is 8.78 Å². The fourth-order valence-corrected chi connectivity index (χ4v) is 1.31. The van der Waals surface area contributed by atoms with E-state index in [0.29, 0.717) is 5.75 Å². The van der Waals surface area contributed by atoms with Gasteiger partial charge in [-0.25, -0.2) is 8.78 Å². The Balaban J connectivity index is 3.16. The molecule has 0 bridgehead atoms. The van der Waals surface area contributed by atoms with Gasteiger partial charge in [0.2, 0.25) is 0 Å². The molecule has 0 aliphatic rings. The third kappa shape index (κ3) is 2.36. The van der Waals surface area contributed by atoms with Crippen molar-refractivity contribution in [3.63, 3.8) is 0 Å². The highest BCUT2D eigenvalue weighted by Crippen LogP contribution is 2.35. The Morgan fingerprint density at radius 2 is 1.87 bits per heavy atom. The molecule has 0 saturated heterocycles. The van der Waals surface area contributed by atoms with Gasteiger partial charge in [-0.15, -0.1) is 0 Å². The number of halogens is 2. The molecule has 0 aliphatic carbocycles. The number of ether oxygens (including phenoxy) is 2. The molecule has 0 unspecified atom stereocenters. The lowest BCUT2D eigenvalue weighted by atomic mass is 10.1. The van der Waals surface area contributed by atoms with E-state index in [0.717, 1.165) is 0 Å². The number of hydrogen-bond donors (Lipinski definition) is 1. The van der Waals surface area contributed by atoms with E-state index in [1.807, 2.05) is 0 Å². The lowest BCUT2D eigenvalue weighted by molar-refractivity contribution is 0.115. The average molecular weight is 217 g/mol. The lowest BCUT2D eigenvalue weighted by Crippen LogP contribution is -2.19. The van der Waals surface area contributed by atoms with Crippen molar-refractivity contribution >= 4 is 0 Å². The molecule has 0 fully saturated rings. The maximum absolute atomic E-state index is 12.4. The molecular formula is C10H13F2NO2. The number of alkyl halides is 2. The lowest BCUT2D eigenvalue weighted by Gasteiger charge is -2.16. The number of hydrogen-bond acceptors (Lipinski definition) is 3. The summed E-state index contributed by atoms with van der Waals surface area (Å²) in [7, 11) is 2.83. The first-order valence-electron chi connectivity index (χ1n) is 4.36. The predicted octanol–water partition coefficient (Wildman–Crippen LogP) is 1.97. The van der Waals surface area contributed by atoms with Crippen LogP contribution in [0, 0.1) is 0 Å². The van der Waals surface area contributed by atoms with Gasteiger partial charge in [-0.2, -0.15) is 0 Å². The van der Waals surface area contributed by atoms with Crippen molar-refractivity contribution in [1.29, 1.82) is 0 Å². The normalized spacial score (nSPS) is 12.7. The minimum Gasteiger partial charge on any atom is -0.493 e. The number of methoxy groups -OCH3 is 2. The van der Waals surface area contributed by atoms with Crippen LogP contribution in [0.15, 0.2) is 18.2 Å². The Labute approximate surface area is 86.8 Å². The van der Waals surface area contributed by atoms with Crippen LogP contribution in [0.25, 0.3) is 0 Å². The van der Waals surface area contributed by atoms with Crippen LogP contribution in [-0.2, 0) is 0 Å². The minimum absolute atomic E-state index is 0.242. The fourth-order valence-electron chi connectivity index (χ4n) is 1.31. The van der Waals surface area contributed by atoms with Crippen LogP contribution in [0.5, 0.6) is 11.5 Å². The quantitative estimate of drug-likeness (QED) is 0.838. The summed E-state index contributed by atoms with van der Waals surface area (Å²) in [5.74, 6) is 0.652. The topological polar surface area (TPSA) is 44.5 Å². The van der Waals surface area contributed by atoms with Crippen LogP contribution in [0.2, 0.25) is 0 Å². The van der Waals surface area contributed by atoms with Crippen LogP contribution in [0.1, 0.15) is 11.6 Å². The summed E-state index contributed by atoms with van der Waals surface area (Å²) >= 11 is 0. The highest BCUT2D eigenvalue weighted by Gasteiger charge is 2.23. The first kappa shape index (κ1) is 11.7. The van der Waals surface area contributed by atoms with E-state index in [1.54, 1.807) is 12.1 Å². The number of benzene rings is 1. The predicted molar refractivity (Wildman–Crippen MR) is 52.5 cm³/mol. The van der Waals surface area contributed by atoms with Crippen LogP contribution < -0.4 is 15.2 Å². The molecule has 1 atom stereocenters. The summed E-state index contributed by atoms with van der Waals surface area (Å²) in [6, 6.07) is 3.35. The van der Waals surface area contributed by atoms with Gasteiger partial charge in [0.15, 0.2) is 11.5 Å². The largest absolute Gasteiger partial charge is 0.493 e. The van der Waals surface area contributed by atoms with Gasteiger partial charge in [0, 0.05) is 5.56 Å². The summed E-state index contributed by atoms with van der Waals surface area (Å²) < 4.78 is 34.9. The number of para-hydroxylation sites is 1. The summed E-state index contributed by atoms with van der Waals surface area (Å²) in [5.41, 5.74) is 5.59. The second-order valence-electron chi connectivity index (χ2n) is 2.94. The molecule has 2 N–H and O–H groups in total. The van der Waals surface area contributed by atoms with Crippen molar-refractivity contribution in [2.24, 2.45) is 5.73 Å². The molecule has 0 aromatic heterocycles. The van der Waals surface area contributed by atoms with Crippen molar-refractivity contribution in [2.75, 3.05) is 14.2 Å². The molecule has 15 heavy (non-hydrogen) atoms. The van der Waals surface area contributed by atoms with Gasteiger partial charge in [0.1, 0.15) is 0 Å². The van der Waals surface area contributed by atoms with Crippen LogP contribution in [-0.4, -0.2) is 20.6 Å². The molecule has 0 amide bonds. The first-order valence-corrected chi connectivity index (χ1v) is 4.36. The van der Waals surface area contributed by atoms with Gasteiger partial charge in [-0.1, -0.05) is 12.1 Å². The Bertz CT molecular complexity index is 331. The summed E-state index contributed by atoms with van der Waals surface area (Å²) in [6.07, 6.45) is -2.63. The second-order valence-corrected chi connectivity index (χ2v) is 2.94. The summed E-state index contributed by atoms with van der Waals surface area (Å²) in [6.45, 7) is 0. The van der Waals surface area contributed by atoms with Crippen molar-refractivity contribution in [3.05, 3.63) is 23.8 Å². The van der Waals surface area contributed by atoms with Crippen LogP contribution >= 0.6 is 0 Å². The Hall–Kier alpha value is -1.36. The highest BCUT2D eigenvalue weighted by atomic mass is 19.3. The van der Waals surface area contributed by atoms with Gasteiger partial charge < -0.3 is 15.2 Å². The maximum atomic E-state index is 12.4.